The molecule has 1 heterocycles. The molecule has 0 fully saturated rings. The standard InChI is InChI=1S/C16H17NO2S/c1-11(2)12-6-8-13(9-7-12)15-5-3-4-14-10-20(18,19)17-16(14)15/h3-9,11,17H,10H2,1-2H3. The van der Waals surface area contributed by atoms with E-state index in [4.69, 9.17) is 0 Å². The van der Waals surface area contributed by atoms with Gasteiger partial charge in [0.1, 0.15) is 0 Å². The van der Waals surface area contributed by atoms with E-state index in [0.29, 0.717) is 5.92 Å². The second kappa shape index (κ2) is 4.63. The van der Waals surface area contributed by atoms with E-state index >= 15 is 0 Å². The highest BCUT2D eigenvalue weighted by atomic mass is 32.2. The second-order valence-electron chi connectivity index (χ2n) is 5.48. The predicted octanol–water partition coefficient (Wildman–Crippen LogP) is 3.73. The van der Waals surface area contributed by atoms with Crippen molar-refractivity contribution in [2.75, 3.05) is 4.72 Å². The Bertz CT molecular complexity index is 747. The largest absolute Gasteiger partial charge is 0.282 e. The number of benzene rings is 2. The van der Waals surface area contributed by atoms with Gasteiger partial charge in [-0.15, -0.1) is 0 Å². The summed E-state index contributed by atoms with van der Waals surface area (Å²) in [6, 6.07) is 14.0. The normalized spacial score (nSPS) is 15.9. The predicted molar refractivity (Wildman–Crippen MR) is 82.2 cm³/mol. The molecule has 2 aromatic rings. The molecule has 3 nitrogen and oxygen atoms in total. The number of hydrogen-bond donors (Lipinski definition) is 1. The van der Waals surface area contributed by atoms with Crippen LogP contribution in [0.25, 0.3) is 11.1 Å². The van der Waals surface area contributed by atoms with Crippen molar-refractivity contribution >= 4 is 15.7 Å². The van der Waals surface area contributed by atoms with Gasteiger partial charge < -0.3 is 0 Å². The fourth-order valence-corrected chi connectivity index (χ4v) is 3.80. The first-order chi connectivity index (χ1) is 9.46. The van der Waals surface area contributed by atoms with Crippen LogP contribution < -0.4 is 4.72 Å². The molecule has 0 aliphatic carbocycles. The number of nitrogens with one attached hydrogen (secondary N) is 1. The highest BCUT2D eigenvalue weighted by molar-refractivity contribution is 7.92. The minimum absolute atomic E-state index is 0.0697. The lowest BCUT2D eigenvalue weighted by Crippen LogP contribution is -2.05. The molecule has 0 aromatic heterocycles. The van der Waals surface area contributed by atoms with Gasteiger partial charge in [0.15, 0.2) is 0 Å². The number of rotatable bonds is 2. The molecule has 0 radical (unpaired) electrons. The van der Waals surface area contributed by atoms with Crippen LogP contribution >= 0.6 is 0 Å². The Hall–Kier alpha value is -1.81. The first-order valence-corrected chi connectivity index (χ1v) is 8.34. The van der Waals surface area contributed by atoms with Crippen LogP contribution in [0, 0.1) is 0 Å². The van der Waals surface area contributed by atoms with Gasteiger partial charge in [0.2, 0.25) is 10.0 Å². The van der Waals surface area contributed by atoms with Gasteiger partial charge in [-0.25, -0.2) is 8.42 Å². The van der Waals surface area contributed by atoms with Crippen LogP contribution in [0.3, 0.4) is 0 Å². The van der Waals surface area contributed by atoms with Gasteiger partial charge in [0, 0.05) is 5.56 Å². The fraction of sp³-hybridized carbons (Fsp3) is 0.250. The van der Waals surface area contributed by atoms with Crippen molar-refractivity contribution in [1.29, 1.82) is 0 Å². The van der Waals surface area contributed by atoms with Crippen LogP contribution in [0.1, 0.15) is 30.9 Å². The summed E-state index contributed by atoms with van der Waals surface area (Å²) in [7, 11) is -3.21. The minimum Gasteiger partial charge on any atom is -0.282 e. The van der Waals surface area contributed by atoms with Crippen molar-refractivity contribution in [3.63, 3.8) is 0 Å². The van der Waals surface area contributed by atoms with Gasteiger partial charge in [0.05, 0.1) is 11.4 Å². The smallest absolute Gasteiger partial charge is 0.237 e. The van der Waals surface area contributed by atoms with Gasteiger partial charge in [-0.2, -0.15) is 0 Å². The third kappa shape index (κ3) is 2.31. The lowest BCUT2D eigenvalue weighted by Gasteiger charge is -2.10. The van der Waals surface area contributed by atoms with Crippen LogP contribution in [0.5, 0.6) is 0 Å². The third-order valence-corrected chi connectivity index (χ3v) is 4.85. The van der Waals surface area contributed by atoms with Gasteiger partial charge in [-0.05, 0) is 22.6 Å². The molecule has 0 spiro atoms. The highest BCUT2D eigenvalue weighted by Gasteiger charge is 2.25. The molecule has 1 aliphatic heterocycles. The zero-order valence-electron chi connectivity index (χ0n) is 11.6. The molecule has 0 atom stereocenters. The van der Waals surface area contributed by atoms with Gasteiger partial charge >= 0.3 is 0 Å². The van der Waals surface area contributed by atoms with Crippen molar-refractivity contribution in [3.05, 3.63) is 53.6 Å². The number of sulfonamides is 1. The van der Waals surface area contributed by atoms with Crippen molar-refractivity contribution in [3.8, 4) is 11.1 Å². The average molecular weight is 287 g/mol. The summed E-state index contributed by atoms with van der Waals surface area (Å²) in [5.41, 5.74) is 4.83. The molecule has 0 saturated heterocycles. The number of para-hydroxylation sites is 1. The van der Waals surface area contributed by atoms with E-state index in [9.17, 15) is 8.42 Å². The fourth-order valence-electron chi connectivity index (χ4n) is 2.53. The molecule has 3 rings (SSSR count). The Balaban J connectivity index is 2.07. The Morgan fingerprint density at radius 2 is 1.75 bits per heavy atom. The second-order valence-corrected chi connectivity index (χ2v) is 7.20. The van der Waals surface area contributed by atoms with E-state index in [1.807, 2.05) is 18.2 Å². The van der Waals surface area contributed by atoms with E-state index in [-0.39, 0.29) is 5.75 Å². The summed E-state index contributed by atoms with van der Waals surface area (Å²) in [6.45, 7) is 4.31. The average Bonchev–Trinajstić information content (AvgIpc) is 2.72. The molecule has 0 saturated carbocycles. The maximum absolute atomic E-state index is 11.7. The van der Waals surface area contributed by atoms with Crippen LogP contribution in [0.15, 0.2) is 42.5 Å². The highest BCUT2D eigenvalue weighted by Crippen LogP contribution is 2.37. The van der Waals surface area contributed by atoms with Gasteiger partial charge in [-0.3, -0.25) is 4.72 Å². The Morgan fingerprint density at radius 3 is 2.40 bits per heavy atom. The Morgan fingerprint density at radius 1 is 1.05 bits per heavy atom. The van der Waals surface area contributed by atoms with Crippen molar-refractivity contribution < 1.29 is 8.42 Å². The topological polar surface area (TPSA) is 46.2 Å². The molecule has 1 N–H and O–H groups in total. The maximum atomic E-state index is 11.7. The van der Waals surface area contributed by atoms with Crippen molar-refractivity contribution in [1.82, 2.24) is 0 Å². The SMILES string of the molecule is CC(C)c1ccc(-c2cccc3c2NS(=O)(=O)C3)cc1. The summed E-state index contributed by atoms with van der Waals surface area (Å²) < 4.78 is 26.1. The van der Waals surface area contributed by atoms with Crippen molar-refractivity contribution in [2.24, 2.45) is 0 Å². The molecule has 104 valence electrons. The van der Waals surface area contributed by atoms with Crippen LogP contribution in [0.2, 0.25) is 0 Å². The lowest BCUT2D eigenvalue weighted by molar-refractivity contribution is 0.602. The van der Waals surface area contributed by atoms with Crippen LogP contribution in [-0.4, -0.2) is 8.42 Å². The molecule has 20 heavy (non-hydrogen) atoms. The quantitative estimate of drug-likeness (QED) is 0.914. The molecule has 0 bridgehead atoms. The molecule has 4 heteroatoms. The maximum Gasteiger partial charge on any atom is 0.237 e. The lowest BCUT2D eigenvalue weighted by atomic mass is 9.97. The number of hydrogen-bond acceptors (Lipinski definition) is 2. The van der Waals surface area contributed by atoms with Crippen molar-refractivity contribution in [2.45, 2.75) is 25.5 Å². The molecule has 1 aliphatic rings. The molecular weight excluding hydrogens is 270 g/mol. The first kappa shape index (κ1) is 13.2. The molecule has 0 unspecified atom stereocenters. The molecule has 0 amide bonds. The summed E-state index contributed by atoms with van der Waals surface area (Å²) >= 11 is 0. The molecule has 2 aromatic carbocycles. The Kier molecular flexibility index (Phi) is 3.05. The van der Waals surface area contributed by atoms with E-state index in [1.54, 1.807) is 0 Å². The third-order valence-electron chi connectivity index (χ3n) is 3.64. The Labute approximate surface area is 119 Å². The first-order valence-electron chi connectivity index (χ1n) is 6.69. The number of fused-ring (bicyclic) bond motifs is 1. The number of anilines is 1. The minimum atomic E-state index is -3.21. The summed E-state index contributed by atoms with van der Waals surface area (Å²) in [5, 5.41) is 0. The van der Waals surface area contributed by atoms with E-state index < -0.39 is 10.0 Å². The molecular formula is C16H17NO2S. The van der Waals surface area contributed by atoms with E-state index in [2.05, 4.69) is 42.8 Å². The van der Waals surface area contributed by atoms with Gasteiger partial charge in [-0.1, -0.05) is 56.3 Å². The van der Waals surface area contributed by atoms with E-state index in [0.717, 1.165) is 22.4 Å². The summed E-state index contributed by atoms with van der Waals surface area (Å²) in [6.07, 6.45) is 0. The summed E-state index contributed by atoms with van der Waals surface area (Å²) in [4.78, 5) is 0. The van der Waals surface area contributed by atoms with Gasteiger partial charge in [0.25, 0.3) is 0 Å². The van der Waals surface area contributed by atoms with Crippen LogP contribution in [-0.2, 0) is 15.8 Å². The van der Waals surface area contributed by atoms with E-state index in [1.165, 1.54) is 5.56 Å². The van der Waals surface area contributed by atoms with Crippen LogP contribution in [0.4, 0.5) is 5.69 Å². The summed E-state index contributed by atoms with van der Waals surface area (Å²) in [5.74, 6) is 0.560. The zero-order valence-corrected chi connectivity index (χ0v) is 12.4. The monoisotopic (exact) mass is 287 g/mol. The zero-order chi connectivity index (χ0) is 14.3.